The van der Waals surface area contributed by atoms with E-state index in [9.17, 15) is 0 Å². The zero-order valence-corrected chi connectivity index (χ0v) is 12.2. The molecule has 0 fully saturated rings. The predicted octanol–water partition coefficient (Wildman–Crippen LogP) is 3.22. The van der Waals surface area contributed by atoms with Crippen molar-refractivity contribution >= 4 is 16.7 Å². The second-order valence-electron chi connectivity index (χ2n) is 4.66. The number of hydrogen-bond acceptors (Lipinski definition) is 4. The lowest BCUT2D eigenvalue weighted by atomic mass is 10.1. The lowest BCUT2D eigenvalue weighted by Gasteiger charge is -2.12. The summed E-state index contributed by atoms with van der Waals surface area (Å²) in [6.07, 6.45) is 1.07. The molecule has 0 amide bonds. The number of fused-ring (bicyclic) bond motifs is 1. The van der Waals surface area contributed by atoms with E-state index in [4.69, 9.17) is 9.47 Å². The fourth-order valence-corrected chi connectivity index (χ4v) is 1.99. The van der Waals surface area contributed by atoms with Crippen LogP contribution < -0.4 is 5.32 Å². The molecule has 0 atom stereocenters. The highest BCUT2D eigenvalue weighted by Gasteiger charge is 2.06. The third kappa shape index (κ3) is 3.92. The highest BCUT2D eigenvalue weighted by molar-refractivity contribution is 5.81. The van der Waals surface area contributed by atoms with Crippen LogP contribution in [0.2, 0.25) is 0 Å². The Bertz CT molecular complexity index is 543. The average Bonchev–Trinajstić information content (AvgIpc) is 2.49. The minimum Gasteiger partial charge on any atom is -0.382 e. The molecule has 1 aromatic carbocycles. The fourth-order valence-electron chi connectivity index (χ4n) is 1.99. The Labute approximate surface area is 120 Å². The van der Waals surface area contributed by atoms with Gasteiger partial charge in [0.25, 0.3) is 0 Å². The topological polar surface area (TPSA) is 43.4 Å². The maximum absolute atomic E-state index is 5.62. The van der Waals surface area contributed by atoms with E-state index >= 15 is 0 Å². The number of nitrogens with zero attached hydrogens (tertiary/aromatic N) is 1. The minimum absolute atomic E-state index is 0.549. The second kappa shape index (κ2) is 7.82. The van der Waals surface area contributed by atoms with E-state index in [-0.39, 0.29) is 0 Å². The molecular weight excluding hydrogens is 252 g/mol. The van der Waals surface area contributed by atoms with Crippen molar-refractivity contribution in [3.05, 3.63) is 35.9 Å². The molecule has 2 aromatic rings. The van der Waals surface area contributed by atoms with Gasteiger partial charge >= 0.3 is 0 Å². The standard InChI is InChI=1S/C16H22N2O2/c1-3-8-17-16-14(12-20-10-9-19-2)11-13-6-4-5-7-15(13)18-16/h4-7,11H,3,8-10,12H2,1-2H3,(H,17,18). The Hall–Kier alpha value is -1.65. The summed E-state index contributed by atoms with van der Waals surface area (Å²) in [4.78, 5) is 4.69. The number of rotatable bonds is 8. The van der Waals surface area contributed by atoms with Crippen LogP contribution in [0.5, 0.6) is 0 Å². The molecule has 0 saturated heterocycles. The molecule has 0 aliphatic heterocycles. The zero-order chi connectivity index (χ0) is 14.2. The SMILES string of the molecule is CCCNc1nc2ccccc2cc1COCCOC. The second-order valence-corrected chi connectivity index (χ2v) is 4.66. The van der Waals surface area contributed by atoms with Crippen LogP contribution in [0.25, 0.3) is 10.9 Å². The monoisotopic (exact) mass is 274 g/mol. The van der Waals surface area contributed by atoms with Crippen LogP contribution in [0.1, 0.15) is 18.9 Å². The van der Waals surface area contributed by atoms with Crippen LogP contribution in [0.3, 0.4) is 0 Å². The van der Waals surface area contributed by atoms with Gasteiger partial charge in [-0.3, -0.25) is 0 Å². The minimum atomic E-state index is 0.549. The number of anilines is 1. The lowest BCUT2D eigenvalue weighted by Crippen LogP contribution is -2.08. The maximum Gasteiger partial charge on any atom is 0.132 e. The number of para-hydroxylation sites is 1. The van der Waals surface area contributed by atoms with E-state index in [1.807, 2.05) is 18.2 Å². The number of aromatic nitrogens is 1. The van der Waals surface area contributed by atoms with E-state index in [1.54, 1.807) is 7.11 Å². The number of hydrogen-bond donors (Lipinski definition) is 1. The third-order valence-electron chi connectivity index (χ3n) is 3.03. The molecule has 0 unspecified atom stereocenters. The van der Waals surface area contributed by atoms with Crippen molar-refractivity contribution < 1.29 is 9.47 Å². The smallest absolute Gasteiger partial charge is 0.132 e. The predicted molar refractivity (Wildman–Crippen MR) is 82.1 cm³/mol. The summed E-state index contributed by atoms with van der Waals surface area (Å²) in [5, 5.41) is 4.51. The highest BCUT2D eigenvalue weighted by atomic mass is 16.5. The van der Waals surface area contributed by atoms with Gasteiger partial charge in [-0.05, 0) is 18.6 Å². The van der Waals surface area contributed by atoms with Crippen molar-refractivity contribution in [3.63, 3.8) is 0 Å². The van der Waals surface area contributed by atoms with Crippen molar-refractivity contribution in [1.82, 2.24) is 4.98 Å². The Kier molecular flexibility index (Phi) is 5.77. The van der Waals surface area contributed by atoms with Crippen molar-refractivity contribution in [2.75, 3.05) is 32.2 Å². The van der Waals surface area contributed by atoms with Gasteiger partial charge in [-0.2, -0.15) is 0 Å². The molecule has 0 saturated carbocycles. The Morgan fingerprint density at radius 1 is 1.20 bits per heavy atom. The summed E-state index contributed by atoms with van der Waals surface area (Å²) in [5.41, 5.74) is 2.10. The molecule has 1 N–H and O–H groups in total. The molecule has 4 heteroatoms. The first-order valence-electron chi connectivity index (χ1n) is 7.04. The van der Waals surface area contributed by atoms with Crippen LogP contribution in [-0.4, -0.2) is 31.9 Å². The molecule has 0 bridgehead atoms. The number of ether oxygens (including phenoxy) is 2. The van der Waals surface area contributed by atoms with Crippen molar-refractivity contribution in [2.24, 2.45) is 0 Å². The molecule has 1 aromatic heterocycles. The zero-order valence-electron chi connectivity index (χ0n) is 12.2. The van der Waals surface area contributed by atoms with Crippen molar-refractivity contribution in [1.29, 1.82) is 0 Å². The van der Waals surface area contributed by atoms with Gasteiger partial charge in [0, 0.05) is 24.6 Å². The van der Waals surface area contributed by atoms with Gasteiger partial charge in [-0.15, -0.1) is 0 Å². The van der Waals surface area contributed by atoms with Gasteiger partial charge in [0.1, 0.15) is 5.82 Å². The van der Waals surface area contributed by atoms with Crippen LogP contribution >= 0.6 is 0 Å². The summed E-state index contributed by atoms with van der Waals surface area (Å²) in [7, 11) is 1.68. The van der Waals surface area contributed by atoms with E-state index in [2.05, 4.69) is 29.4 Å². The molecule has 108 valence electrons. The summed E-state index contributed by atoms with van der Waals surface area (Å²) in [6.45, 7) is 4.81. The van der Waals surface area contributed by atoms with Gasteiger partial charge < -0.3 is 14.8 Å². The fraction of sp³-hybridized carbons (Fsp3) is 0.438. The largest absolute Gasteiger partial charge is 0.382 e. The maximum atomic E-state index is 5.62. The first kappa shape index (κ1) is 14.8. The Morgan fingerprint density at radius 3 is 2.85 bits per heavy atom. The normalized spacial score (nSPS) is 10.9. The van der Waals surface area contributed by atoms with Gasteiger partial charge in [0.15, 0.2) is 0 Å². The van der Waals surface area contributed by atoms with Gasteiger partial charge in [-0.1, -0.05) is 25.1 Å². The van der Waals surface area contributed by atoms with Crippen LogP contribution in [0, 0.1) is 0 Å². The van der Waals surface area contributed by atoms with E-state index in [0.717, 1.165) is 35.2 Å². The summed E-state index contributed by atoms with van der Waals surface area (Å²) >= 11 is 0. The molecule has 0 radical (unpaired) electrons. The Balaban J connectivity index is 2.18. The van der Waals surface area contributed by atoms with E-state index in [1.165, 1.54) is 0 Å². The summed E-state index contributed by atoms with van der Waals surface area (Å²) in [6, 6.07) is 10.3. The van der Waals surface area contributed by atoms with Crippen LogP contribution in [0.4, 0.5) is 5.82 Å². The van der Waals surface area contributed by atoms with E-state index < -0.39 is 0 Å². The van der Waals surface area contributed by atoms with E-state index in [0.29, 0.717) is 19.8 Å². The molecule has 0 aliphatic carbocycles. The number of pyridine rings is 1. The first-order valence-corrected chi connectivity index (χ1v) is 7.04. The van der Waals surface area contributed by atoms with Crippen LogP contribution in [-0.2, 0) is 16.1 Å². The number of nitrogens with one attached hydrogen (secondary N) is 1. The highest BCUT2D eigenvalue weighted by Crippen LogP contribution is 2.21. The average molecular weight is 274 g/mol. The third-order valence-corrected chi connectivity index (χ3v) is 3.03. The summed E-state index contributed by atoms with van der Waals surface area (Å²) < 4.78 is 10.6. The molecule has 2 rings (SSSR count). The molecule has 20 heavy (non-hydrogen) atoms. The van der Waals surface area contributed by atoms with Crippen LogP contribution in [0.15, 0.2) is 30.3 Å². The molecule has 0 aliphatic rings. The molecular formula is C16H22N2O2. The van der Waals surface area contributed by atoms with Gasteiger partial charge in [0.2, 0.25) is 0 Å². The molecule has 4 nitrogen and oxygen atoms in total. The molecule has 0 spiro atoms. The molecule has 1 heterocycles. The number of methoxy groups -OCH3 is 1. The lowest BCUT2D eigenvalue weighted by molar-refractivity contribution is 0.0618. The Morgan fingerprint density at radius 2 is 2.05 bits per heavy atom. The van der Waals surface area contributed by atoms with Gasteiger partial charge in [0.05, 0.1) is 25.3 Å². The van der Waals surface area contributed by atoms with Crippen molar-refractivity contribution in [3.8, 4) is 0 Å². The summed E-state index contributed by atoms with van der Waals surface area (Å²) in [5.74, 6) is 0.919. The first-order chi connectivity index (χ1) is 9.85. The van der Waals surface area contributed by atoms with Gasteiger partial charge in [-0.25, -0.2) is 4.98 Å². The number of benzene rings is 1. The van der Waals surface area contributed by atoms with Crippen molar-refractivity contribution in [2.45, 2.75) is 20.0 Å². The quantitative estimate of drug-likeness (QED) is 0.751.